The Labute approximate surface area is 260 Å². The second-order valence-electron chi connectivity index (χ2n) is 11.8. The molecule has 2 fully saturated rings. The second kappa shape index (κ2) is 12.4. The number of rotatable bonds is 9. The SMILES string of the molecule is C=C(F)C(=O)N1CCN(c2nc(OCCN(C)C3(CF)CCC3)nc3c2CCN(c2cccc4ccc(F)c(Cl)c24)C3)CC1. The second-order valence-corrected chi connectivity index (χ2v) is 12.2. The summed E-state index contributed by atoms with van der Waals surface area (Å²) >= 11 is 6.46. The number of ether oxygens (including phenoxy) is 1. The van der Waals surface area contributed by atoms with Crippen LogP contribution in [-0.2, 0) is 17.8 Å². The van der Waals surface area contributed by atoms with E-state index in [1.165, 1.54) is 11.0 Å². The molecule has 44 heavy (non-hydrogen) atoms. The zero-order valence-electron chi connectivity index (χ0n) is 24.8. The largest absolute Gasteiger partial charge is 0.462 e. The maximum Gasteiger partial charge on any atom is 0.318 e. The lowest BCUT2D eigenvalue weighted by Gasteiger charge is -2.46. The summed E-state index contributed by atoms with van der Waals surface area (Å²) in [5, 5.41) is 1.58. The Hall–Kier alpha value is -3.57. The molecule has 3 aromatic rings. The van der Waals surface area contributed by atoms with Gasteiger partial charge in [0.05, 0.1) is 17.3 Å². The molecule has 1 saturated heterocycles. The molecule has 0 unspecified atom stereocenters. The van der Waals surface area contributed by atoms with Crippen molar-refractivity contribution in [3.05, 3.63) is 64.8 Å². The van der Waals surface area contributed by atoms with E-state index in [-0.39, 0.29) is 17.7 Å². The van der Waals surface area contributed by atoms with Crippen molar-refractivity contribution in [2.24, 2.45) is 0 Å². The molecule has 0 N–H and O–H groups in total. The molecule has 3 aliphatic rings. The van der Waals surface area contributed by atoms with Crippen LogP contribution in [0.15, 0.2) is 42.7 Å². The Morgan fingerprint density at radius 1 is 1.11 bits per heavy atom. The molecule has 0 radical (unpaired) electrons. The summed E-state index contributed by atoms with van der Waals surface area (Å²) in [6, 6.07) is 9.08. The lowest BCUT2D eigenvalue weighted by molar-refractivity contribution is -0.128. The lowest BCUT2D eigenvalue weighted by atomic mass is 9.76. The van der Waals surface area contributed by atoms with Crippen LogP contribution in [0.4, 0.5) is 24.7 Å². The van der Waals surface area contributed by atoms with Crippen molar-refractivity contribution >= 4 is 39.8 Å². The summed E-state index contributed by atoms with van der Waals surface area (Å²) in [6.07, 6.45) is 3.31. The van der Waals surface area contributed by atoms with Crippen LogP contribution in [0.25, 0.3) is 10.8 Å². The molecule has 3 heterocycles. The number of carbonyl (C=O) groups is 1. The topological polar surface area (TPSA) is 65.0 Å². The molecule has 0 spiro atoms. The van der Waals surface area contributed by atoms with Gasteiger partial charge in [-0.2, -0.15) is 9.97 Å². The average molecular weight is 629 g/mol. The van der Waals surface area contributed by atoms with Gasteiger partial charge in [-0.25, -0.2) is 13.2 Å². The molecule has 1 aromatic heterocycles. The van der Waals surface area contributed by atoms with E-state index in [0.717, 1.165) is 47.4 Å². The number of hydrogen-bond acceptors (Lipinski definition) is 7. The first-order valence-electron chi connectivity index (χ1n) is 15.0. The number of piperazine rings is 1. The zero-order valence-corrected chi connectivity index (χ0v) is 25.6. The predicted molar refractivity (Wildman–Crippen MR) is 165 cm³/mol. The molecule has 6 rings (SSSR count). The van der Waals surface area contributed by atoms with Crippen LogP contribution in [0.5, 0.6) is 6.01 Å². The van der Waals surface area contributed by atoms with Gasteiger partial charge >= 0.3 is 6.01 Å². The van der Waals surface area contributed by atoms with Gasteiger partial charge in [0, 0.05) is 61.4 Å². The minimum absolute atomic E-state index is 0.0845. The molecular weight excluding hydrogens is 593 g/mol. The molecule has 1 saturated carbocycles. The minimum Gasteiger partial charge on any atom is -0.462 e. The number of halogens is 4. The monoisotopic (exact) mass is 628 g/mol. The van der Waals surface area contributed by atoms with Crippen LogP contribution in [0.1, 0.15) is 30.5 Å². The van der Waals surface area contributed by atoms with Gasteiger partial charge in [-0.3, -0.25) is 9.69 Å². The first kappa shape index (κ1) is 30.5. The quantitative estimate of drug-likeness (QED) is 0.297. The van der Waals surface area contributed by atoms with Crippen molar-refractivity contribution in [2.45, 2.75) is 37.8 Å². The highest BCUT2D eigenvalue weighted by Gasteiger charge is 2.40. The fourth-order valence-electron chi connectivity index (χ4n) is 6.48. The van der Waals surface area contributed by atoms with E-state index < -0.39 is 23.1 Å². The van der Waals surface area contributed by atoms with Gasteiger partial charge in [-0.1, -0.05) is 36.4 Å². The van der Waals surface area contributed by atoms with E-state index in [1.54, 1.807) is 6.07 Å². The third-order valence-electron chi connectivity index (χ3n) is 9.38. The zero-order chi connectivity index (χ0) is 31.0. The van der Waals surface area contributed by atoms with Crippen molar-refractivity contribution in [3.63, 3.8) is 0 Å². The van der Waals surface area contributed by atoms with Crippen LogP contribution in [0.3, 0.4) is 0 Å². The van der Waals surface area contributed by atoms with Crippen LogP contribution in [0.2, 0.25) is 5.02 Å². The number of aromatic nitrogens is 2. The summed E-state index contributed by atoms with van der Waals surface area (Å²) in [7, 11) is 1.92. The van der Waals surface area contributed by atoms with E-state index in [0.29, 0.717) is 64.2 Å². The Morgan fingerprint density at radius 3 is 2.57 bits per heavy atom. The Bertz CT molecular complexity index is 1570. The van der Waals surface area contributed by atoms with E-state index >= 15 is 0 Å². The van der Waals surface area contributed by atoms with E-state index in [2.05, 4.69) is 16.4 Å². The van der Waals surface area contributed by atoms with E-state index in [9.17, 15) is 18.0 Å². The molecule has 234 valence electrons. The van der Waals surface area contributed by atoms with Crippen molar-refractivity contribution in [3.8, 4) is 6.01 Å². The van der Waals surface area contributed by atoms with Crippen LogP contribution in [0, 0.1) is 5.82 Å². The third kappa shape index (κ3) is 5.67. The molecule has 1 aliphatic carbocycles. The standard InChI is InChI=1S/C32H36ClF3N6O2/c1-21(35)30(43)41-15-13-40(14-16-41)29-23-9-12-42(26-6-3-5-22-7-8-24(36)28(33)27(22)26)19-25(23)37-31(38-29)44-18-17-39(2)32(20-34)10-4-11-32/h3,5-8H,1,4,9-20H2,2H3. The van der Waals surface area contributed by atoms with Gasteiger partial charge in [0.2, 0.25) is 0 Å². The predicted octanol–water partition coefficient (Wildman–Crippen LogP) is 5.32. The highest BCUT2D eigenvalue weighted by molar-refractivity contribution is 6.36. The van der Waals surface area contributed by atoms with Gasteiger partial charge in [-0.05, 0) is 50.2 Å². The number of amides is 1. The maximum absolute atomic E-state index is 14.5. The number of anilines is 2. The normalized spacial score (nSPS) is 17.9. The molecule has 0 bridgehead atoms. The van der Waals surface area contributed by atoms with Crippen LogP contribution in [-0.4, -0.2) is 90.8 Å². The number of fused-ring (bicyclic) bond motifs is 2. The fraction of sp³-hybridized carbons (Fsp3) is 0.469. The van der Waals surface area contributed by atoms with Crippen molar-refractivity contribution < 1.29 is 22.7 Å². The van der Waals surface area contributed by atoms with Gasteiger partial charge in [0.1, 0.15) is 24.9 Å². The maximum atomic E-state index is 14.5. The Kier molecular flexibility index (Phi) is 8.61. The summed E-state index contributed by atoms with van der Waals surface area (Å²) in [4.78, 5) is 29.5. The van der Waals surface area contributed by atoms with E-state index in [1.807, 2.05) is 30.1 Å². The van der Waals surface area contributed by atoms with Crippen molar-refractivity contribution in [1.29, 1.82) is 0 Å². The van der Waals surface area contributed by atoms with Crippen LogP contribution < -0.4 is 14.5 Å². The highest BCUT2D eigenvalue weighted by atomic mass is 35.5. The number of hydrogen-bond donors (Lipinski definition) is 0. The number of likely N-dealkylation sites (N-methyl/N-ethyl adjacent to an activating group) is 1. The number of carbonyl (C=O) groups excluding carboxylic acids is 1. The third-order valence-corrected chi connectivity index (χ3v) is 9.75. The summed E-state index contributed by atoms with van der Waals surface area (Å²) in [6.45, 7) is 6.23. The molecule has 2 aliphatic heterocycles. The van der Waals surface area contributed by atoms with Gasteiger partial charge in [-0.15, -0.1) is 0 Å². The molecule has 12 heteroatoms. The Balaban J connectivity index is 1.28. The minimum atomic E-state index is -0.969. The molecule has 8 nitrogen and oxygen atoms in total. The average Bonchev–Trinajstić information content (AvgIpc) is 3.01. The summed E-state index contributed by atoms with van der Waals surface area (Å²) in [5.74, 6) is -1.41. The first-order chi connectivity index (χ1) is 21.2. The Morgan fingerprint density at radius 2 is 1.89 bits per heavy atom. The van der Waals surface area contributed by atoms with Gasteiger partial charge in [0.25, 0.3) is 5.91 Å². The van der Waals surface area contributed by atoms with Crippen molar-refractivity contribution in [2.75, 3.05) is 69.4 Å². The fourth-order valence-corrected chi connectivity index (χ4v) is 6.75. The molecule has 0 atom stereocenters. The van der Waals surface area contributed by atoms with Crippen molar-refractivity contribution in [1.82, 2.24) is 19.8 Å². The van der Waals surface area contributed by atoms with E-state index in [4.69, 9.17) is 26.3 Å². The molecule has 2 aromatic carbocycles. The number of benzene rings is 2. The van der Waals surface area contributed by atoms with Gasteiger partial charge in [0.15, 0.2) is 5.83 Å². The molecular formula is C32H36ClF3N6O2. The van der Waals surface area contributed by atoms with Crippen LogP contribution >= 0.6 is 11.6 Å². The number of alkyl halides is 1. The lowest BCUT2D eigenvalue weighted by Crippen LogP contribution is -2.54. The highest BCUT2D eigenvalue weighted by Crippen LogP contribution is 2.39. The first-order valence-corrected chi connectivity index (χ1v) is 15.4. The summed E-state index contributed by atoms with van der Waals surface area (Å²) in [5.41, 5.74) is 2.16. The smallest absolute Gasteiger partial charge is 0.318 e. The summed E-state index contributed by atoms with van der Waals surface area (Å²) < 4.78 is 47.9. The number of nitrogens with zero attached hydrogens (tertiary/aromatic N) is 6. The molecule has 1 amide bonds. The van der Waals surface area contributed by atoms with Gasteiger partial charge < -0.3 is 19.4 Å².